The first-order valence-electron chi connectivity index (χ1n) is 6.31. The average Bonchev–Trinajstić information content (AvgIpc) is 2.39. The normalized spacial score (nSPS) is 23.8. The fourth-order valence-electron chi connectivity index (χ4n) is 2.46. The molecule has 1 aliphatic rings. The summed E-state index contributed by atoms with van der Waals surface area (Å²) in [6.07, 6.45) is 0. The molecule has 0 radical (unpaired) electrons. The number of hydrogen-bond donors (Lipinski definition) is 1. The van der Waals surface area contributed by atoms with Crippen LogP contribution < -0.4 is 0 Å². The van der Waals surface area contributed by atoms with E-state index in [0.29, 0.717) is 6.54 Å². The van der Waals surface area contributed by atoms with Gasteiger partial charge in [0.25, 0.3) is 0 Å². The second-order valence-corrected chi connectivity index (χ2v) is 4.92. The zero-order chi connectivity index (χ0) is 13.1. The summed E-state index contributed by atoms with van der Waals surface area (Å²) in [5.41, 5.74) is 1.24. The van der Waals surface area contributed by atoms with Crippen molar-refractivity contribution in [3.63, 3.8) is 0 Å². The van der Waals surface area contributed by atoms with Crippen LogP contribution in [-0.4, -0.2) is 53.6 Å². The molecule has 1 heterocycles. The largest absolute Gasteiger partial charge is 0.480 e. The summed E-state index contributed by atoms with van der Waals surface area (Å²) in [5, 5.41) is 9.21. The highest BCUT2D eigenvalue weighted by atomic mass is 16.4. The maximum Gasteiger partial charge on any atom is 0.322 e. The molecular weight excluding hydrogens is 228 g/mol. The van der Waals surface area contributed by atoms with Crippen LogP contribution >= 0.6 is 0 Å². The summed E-state index contributed by atoms with van der Waals surface area (Å²) in [5.74, 6) is -0.734. The zero-order valence-corrected chi connectivity index (χ0v) is 10.9. The van der Waals surface area contributed by atoms with Gasteiger partial charge in [0.2, 0.25) is 0 Å². The quantitative estimate of drug-likeness (QED) is 0.879. The molecular formula is C14H20N2O2. The van der Waals surface area contributed by atoms with Crippen molar-refractivity contribution in [2.24, 2.45) is 0 Å². The number of nitrogens with zero attached hydrogens (tertiary/aromatic N) is 2. The Hall–Kier alpha value is -1.39. The zero-order valence-electron chi connectivity index (χ0n) is 10.9. The van der Waals surface area contributed by atoms with Crippen molar-refractivity contribution in [2.45, 2.75) is 19.0 Å². The van der Waals surface area contributed by atoms with Gasteiger partial charge in [0.1, 0.15) is 6.04 Å². The highest BCUT2D eigenvalue weighted by Gasteiger charge is 2.31. The SMILES string of the molecule is CC(c1ccccc1)N1CCN(C)C(C(=O)O)C1. The van der Waals surface area contributed by atoms with Gasteiger partial charge in [0.15, 0.2) is 0 Å². The number of aliphatic carboxylic acids is 1. The highest BCUT2D eigenvalue weighted by molar-refractivity contribution is 5.73. The lowest BCUT2D eigenvalue weighted by molar-refractivity contribution is -0.145. The van der Waals surface area contributed by atoms with Crippen LogP contribution in [-0.2, 0) is 4.79 Å². The Labute approximate surface area is 108 Å². The fraction of sp³-hybridized carbons (Fsp3) is 0.500. The Morgan fingerprint density at radius 3 is 2.61 bits per heavy atom. The van der Waals surface area contributed by atoms with Crippen molar-refractivity contribution < 1.29 is 9.90 Å². The topological polar surface area (TPSA) is 43.8 Å². The summed E-state index contributed by atoms with van der Waals surface area (Å²) < 4.78 is 0. The summed E-state index contributed by atoms with van der Waals surface area (Å²) in [4.78, 5) is 15.4. The Morgan fingerprint density at radius 1 is 1.33 bits per heavy atom. The molecule has 1 aromatic carbocycles. The minimum Gasteiger partial charge on any atom is -0.480 e. The molecule has 2 atom stereocenters. The molecule has 1 N–H and O–H groups in total. The third kappa shape index (κ3) is 2.71. The van der Waals surface area contributed by atoms with Gasteiger partial charge in [-0.05, 0) is 19.5 Å². The minimum absolute atomic E-state index is 0.266. The van der Waals surface area contributed by atoms with Gasteiger partial charge in [0.05, 0.1) is 0 Å². The molecule has 98 valence electrons. The summed E-state index contributed by atoms with van der Waals surface area (Å²) in [6, 6.07) is 10.1. The number of carboxylic acid groups (broad SMARTS) is 1. The third-order valence-corrected chi connectivity index (χ3v) is 3.79. The van der Waals surface area contributed by atoms with Crippen LogP contribution in [0.1, 0.15) is 18.5 Å². The number of hydrogen-bond acceptors (Lipinski definition) is 3. The van der Waals surface area contributed by atoms with Crippen LogP contribution in [0.5, 0.6) is 0 Å². The number of benzene rings is 1. The number of rotatable bonds is 3. The van der Waals surface area contributed by atoms with Crippen LogP contribution in [0.25, 0.3) is 0 Å². The van der Waals surface area contributed by atoms with E-state index in [2.05, 4.69) is 24.0 Å². The van der Waals surface area contributed by atoms with Crippen LogP contribution in [0.15, 0.2) is 30.3 Å². The van der Waals surface area contributed by atoms with Crippen molar-refractivity contribution >= 4 is 5.97 Å². The number of piperazine rings is 1. The van der Waals surface area contributed by atoms with E-state index >= 15 is 0 Å². The number of carbonyl (C=O) groups is 1. The van der Waals surface area contributed by atoms with E-state index in [-0.39, 0.29) is 6.04 Å². The maximum atomic E-state index is 11.2. The van der Waals surface area contributed by atoms with Gasteiger partial charge in [-0.2, -0.15) is 0 Å². The molecule has 0 aromatic heterocycles. The lowest BCUT2D eigenvalue weighted by Crippen LogP contribution is -2.55. The van der Waals surface area contributed by atoms with Gasteiger partial charge in [-0.3, -0.25) is 14.6 Å². The minimum atomic E-state index is -0.734. The molecule has 0 amide bonds. The molecule has 1 saturated heterocycles. The second kappa shape index (κ2) is 5.50. The van der Waals surface area contributed by atoms with E-state index < -0.39 is 12.0 Å². The van der Waals surface area contributed by atoms with Crippen molar-refractivity contribution in [2.75, 3.05) is 26.7 Å². The Bertz CT molecular complexity index is 408. The van der Waals surface area contributed by atoms with Crippen LogP contribution in [0.2, 0.25) is 0 Å². The van der Waals surface area contributed by atoms with Gasteiger partial charge in [0, 0.05) is 25.7 Å². The van der Waals surface area contributed by atoms with Gasteiger partial charge in [-0.15, -0.1) is 0 Å². The molecule has 0 saturated carbocycles. The molecule has 4 nitrogen and oxygen atoms in total. The van der Waals surface area contributed by atoms with Crippen molar-refractivity contribution in [1.29, 1.82) is 0 Å². The molecule has 1 aromatic rings. The molecule has 4 heteroatoms. The van der Waals surface area contributed by atoms with Crippen molar-refractivity contribution in [3.8, 4) is 0 Å². The smallest absolute Gasteiger partial charge is 0.322 e. The van der Waals surface area contributed by atoms with E-state index in [9.17, 15) is 9.90 Å². The first kappa shape index (κ1) is 13.1. The van der Waals surface area contributed by atoms with Gasteiger partial charge >= 0.3 is 5.97 Å². The van der Waals surface area contributed by atoms with E-state index in [0.717, 1.165) is 13.1 Å². The molecule has 0 bridgehead atoms. The molecule has 0 spiro atoms. The van der Waals surface area contributed by atoms with Crippen LogP contribution in [0.4, 0.5) is 0 Å². The molecule has 2 unspecified atom stereocenters. The molecule has 2 rings (SSSR count). The predicted octanol–water partition coefficient (Wildman–Crippen LogP) is 1.45. The summed E-state index contributed by atoms with van der Waals surface area (Å²) >= 11 is 0. The first-order chi connectivity index (χ1) is 8.59. The summed E-state index contributed by atoms with van der Waals surface area (Å²) in [7, 11) is 1.88. The first-order valence-corrected chi connectivity index (χ1v) is 6.31. The highest BCUT2D eigenvalue weighted by Crippen LogP contribution is 2.22. The number of carboxylic acids is 1. The molecule has 18 heavy (non-hydrogen) atoms. The molecule has 1 fully saturated rings. The lowest BCUT2D eigenvalue weighted by atomic mass is 10.0. The van der Waals surface area contributed by atoms with Crippen LogP contribution in [0.3, 0.4) is 0 Å². The monoisotopic (exact) mass is 248 g/mol. The van der Waals surface area contributed by atoms with E-state index in [1.165, 1.54) is 5.56 Å². The van der Waals surface area contributed by atoms with Gasteiger partial charge in [-0.25, -0.2) is 0 Å². The number of likely N-dealkylation sites (N-methyl/N-ethyl adjacent to an activating group) is 1. The Morgan fingerprint density at radius 2 is 2.00 bits per heavy atom. The van der Waals surface area contributed by atoms with E-state index in [4.69, 9.17) is 0 Å². The van der Waals surface area contributed by atoms with E-state index in [1.54, 1.807) is 0 Å². The molecule has 1 aliphatic heterocycles. The van der Waals surface area contributed by atoms with Gasteiger partial charge < -0.3 is 5.11 Å². The average molecular weight is 248 g/mol. The van der Waals surface area contributed by atoms with Crippen molar-refractivity contribution in [1.82, 2.24) is 9.80 Å². The lowest BCUT2D eigenvalue weighted by Gasteiger charge is -2.40. The standard InChI is InChI=1S/C14H20N2O2/c1-11(12-6-4-3-5-7-12)16-9-8-15(2)13(10-16)14(17)18/h3-7,11,13H,8-10H2,1-2H3,(H,17,18). The van der Waals surface area contributed by atoms with E-state index in [1.807, 2.05) is 30.1 Å². The fourth-order valence-corrected chi connectivity index (χ4v) is 2.46. The predicted molar refractivity (Wildman–Crippen MR) is 70.5 cm³/mol. The second-order valence-electron chi connectivity index (χ2n) is 4.92. The third-order valence-electron chi connectivity index (χ3n) is 3.79. The summed E-state index contributed by atoms with van der Waals surface area (Å²) in [6.45, 7) is 4.44. The maximum absolute atomic E-state index is 11.2. The van der Waals surface area contributed by atoms with Gasteiger partial charge in [-0.1, -0.05) is 30.3 Å². The van der Waals surface area contributed by atoms with Crippen LogP contribution in [0, 0.1) is 0 Å². The van der Waals surface area contributed by atoms with Crippen molar-refractivity contribution in [3.05, 3.63) is 35.9 Å². The Balaban J connectivity index is 2.08. The molecule has 0 aliphatic carbocycles. The Kier molecular flexibility index (Phi) is 3.99.